The van der Waals surface area contributed by atoms with Crippen molar-refractivity contribution in [3.05, 3.63) is 42.5 Å². The molecule has 2 aromatic heterocycles. The van der Waals surface area contributed by atoms with Crippen LogP contribution in [-0.2, 0) is 13.0 Å². The molecule has 4 heteroatoms. The Morgan fingerprint density at radius 3 is 3.07 bits per heavy atom. The third-order valence-corrected chi connectivity index (χ3v) is 2.32. The Hall–Kier alpha value is -1.71. The summed E-state index contributed by atoms with van der Waals surface area (Å²) in [5, 5.41) is 6.81. The monoisotopic (exact) mass is 203 g/mol. The van der Waals surface area contributed by atoms with Crippen LogP contribution in [0.3, 0.4) is 0 Å². The van der Waals surface area contributed by atoms with Crippen molar-refractivity contribution < 1.29 is 4.68 Å². The van der Waals surface area contributed by atoms with Gasteiger partial charge in [0.2, 0.25) is 6.20 Å². The average molecular weight is 203 g/mol. The van der Waals surface area contributed by atoms with E-state index in [9.17, 15) is 0 Å². The molecule has 0 aliphatic carbocycles. The molecule has 2 aromatic rings. The maximum Gasteiger partial charge on any atom is 0.206 e. The second-order valence-corrected chi connectivity index (χ2v) is 3.85. The van der Waals surface area contributed by atoms with E-state index in [1.165, 1.54) is 5.56 Å². The van der Waals surface area contributed by atoms with E-state index >= 15 is 0 Å². The first-order chi connectivity index (χ1) is 7.34. The smallest absolute Gasteiger partial charge is 0.206 e. The molecule has 0 aliphatic heterocycles. The Morgan fingerprint density at radius 2 is 2.40 bits per heavy atom. The van der Waals surface area contributed by atoms with Gasteiger partial charge in [0, 0.05) is 23.4 Å². The minimum atomic E-state index is 0.569. The summed E-state index contributed by atoms with van der Waals surface area (Å²) in [6.45, 7) is 3.18. The lowest BCUT2D eigenvalue weighted by Gasteiger charge is -2.07. The van der Waals surface area contributed by atoms with Crippen LogP contribution in [0.4, 0.5) is 0 Å². The zero-order chi connectivity index (χ0) is 10.5. The van der Waals surface area contributed by atoms with Gasteiger partial charge in [0.25, 0.3) is 0 Å². The molecule has 0 bridgehead atoms. The molecule has 1 atom stereocenters. The van der Waals surface area contributed by atoms with Gasteiger partial charge in [0.1, 0.15) is 6.54 Å². The Kier molecular flexibility index (Phi) is 3.07. The van der Waals surface area contributed by atoms with Crippen LogP contribution in [0.2, 0.25) is 0 Å². The molecule has 0 aromatic carbocycles. The highest BCUT2D eigenvalue weighted by Gasteiger charge is 2.08. The molecule has 0 spiro atoms. The van der Waals surface area contributed by atoms with Crippen LogP contribution in [-0.4, -0.2) is 15.3 Å². The summed E-state index contributed by atoms with van der Waals surface area (Å²) in [5.41, 5.74) is 1.28. The van der Waals surface area contributed by atoms with Crippen molar-refractivity contribution in [2.75, 3.05) is 0 Å². The minimum absolute atomic E-state index is 0.569. The standard InChI is InChI=1S/C11H14N4/c1-10(9-15-6-5-13-14-15)7-11-3-2-4-12-8-11/h2-6,8,10H,7,9H2,1H3/p+1. The van der Waals surface area contributed by atoms with Crippen LogP contribution in [0, 0.1) is 5.92 Å². The summed E-state index contributed by atoms with van der Waals surface area (Å²) in [7, 11) is 0. The van der Waals surface area contributed by atoms with Crippen molar-refractivity contribution >= 4 is 0 Å². The molecule has 0 saturated heterocycles. The van der Waals surface area contributed by atoms with Crippen LogP contribution in [0.15, 0.2) is 36.9 Å². The lowest BCUT2D eigenvalue weighted by atomic mass is 10.0. The van der Waals surface area contributed by atoms with Crippen molar-refractivity contribution in [3.63, 3.8) is 0 Å². The molecule has 1 unspecified atom stereocenters. The average Bonchev–Trinajstić information content (AvgIpc) is 2.71. The number of hydrogen-bond donors (Lipinski definition) is 1. The summed E-state index contributed by atoms with van der Waals surface area (Å²) >= 11 is 0. The van der Waals surface area contributed by atoms with E-state index in [-0.39, 0.29) is 0 Å². The molecule has 2 rings (SSSR count). The van der Waals surface area contributed by atoms with Crippen molar-refractivity contribution in [2.45, 2.75) is 19.9 Å². The quantitative estimate of drug-likeness (QED) is 0.753. The van der Waals surface area contributed by atoms with Crippen LogP contribution in [0.25, 0.3) is 0 Å². The normalized spacial score (nSPS) is 12.6. The summed E-state index contributed by atoms with van der Waals surface area (Å²) in [6, 6.07) is 4.09. The Morgan fingerprint density at radius 1 is 1.47 bits per heavy atom. The maximum atomic E-state index is 4.11. The molecule has 0 fully saturated rings. The number of pyridine rings is 1. The third kappa shape index (κ3) is 2.87. The SMILES string of the molecule is CC(Cc1cccnc1)C[n+]1ccn[nH]1. The first kappa shape index (κ1) is 9.83. The van der Waals surface area contributed by atoms with Gasteiger partial charge < -0.3 is 0 Å². The Balaban J connectivity index is 1.90. The third-order valence-electron chi connectivity index (χ3n) is 2.32. The summed E-state index contributed by atoms with van der Waals surface area (Å²) in [5.74, 6) is 0.569. The predicted octanol–water partition coefficient (Wildman–Crippen LogP) is 0.971. The maximum absolute atomic E-state index is 4.11. The number of aromatic amines is 1. The van der Waals surface area contributed by atoms with E-state index < -0.39 is 0 Å². The van der Waals surface area contributed by atoms with Gasteiger partial charge in [-0.15, -0.1) is 0 Å². The van der Waals surface area contributed by atoms with Crippen LogP contribution in [0.5, 0.6) is 0 Å². The highest BCUT2D eigenvalue weighted by Crippen LogP contribution is 2.06. The second kappa shape index (κ2) is 4.68. The van der Waals surface area contributed by atoms with E-state index in [1.807, 2.05) is 23.1 Å². The van der Waals surface area contributed by atoms with Crippen molar-refractivity contribution in [3.8, 4) is 0 Å². The molecule has 78 valence electrons. The van der Waals surface area contributed by atoms with Crippen molar-refractivity contribution in [2.24, 2.45) is 5.92 Å². The fourth-order valence-electron chi connectivity index (χ4n) is 1.68. The van der Waals surface area contributed by atoms with Gasteiger partial charge in [-0.05, 0) is 18.1 Å². The molecule has 2 heterocycles. The highest BCUT2D eigenvalue weighted by molar-refractivity contribution is 5.08. The number of H-pyrrole nitrogens is 1. The summed E-state index contributed by atoms with van der Waals surface area (Å²) in [4.78, 5) is 4.11. The molecular formula is C11H15N4+. The number of nitrogens with zero attached hydrogens (tertiary/aromatic N) is 3. The lowest BCUT2D eigenvalue weighted by molar-refractivity contribution is -0.758. The predicted molar refractivity (Wildman–Crippen MR) is 55.9 cm³/mol. The topological polar surface area (TPSA) is 45.5 Å². The Bertz CT molecular complexity index is 382. The van der Waals surface area contributed by atoms with Gasteiger partial charge in [-0.3, -0.25) is 4.98 Å². The van der Waals surface area contributed by atoms with E-state index in [1.54, 1.807) is 12.4 Å². The van der Waals surface area contributed by atoms with Gasteiger partial charge in [-0.1, -0.05) is 18.2 Å². The van der Waals surface area contributed by atoms with Gasteiger partial charge in [0.05, 0.1) is 0 Å². The fraction of sp³-hybridized carbons (Fsp3) is 0.364. The van der Waals surface area contributed by atoms with Crippen molar-refractivity contribution in [1.29, 1.82) is 0 Å². The summed E-state index contributed by atoms with van der Waals surface area (Å²) in [6.07, 6.45) is 8.47. The molecule has 0 saturated carbocycles. The largest absolute Gasteiger partial charge is 0.264 e. The number of hydrogen-bond acceptors (Lipinski definition) is 2. The number of nitrogens with one attached hydrogen (secondary N) is 1. The molecule has 1 N–H and O–H groups in total. The minimum Gasteiger partial charge on any atom is -0.264 e. The van der Waals surface area contributed by atoms with E-state index in [2.05, 4.69) is 28.3 Å². The van der Waals surface area contributed by atoms with Gasteiger partial charge >= 0.3 is 0 Å². The first-order valence-corrected chi connectivity index (χ1v) is 5.12. The zero-order valence-electron chi connectivity index (χ0n) is 8.80. The lowest BCUT2D eigenvalue weighted by Crippen LogP contribution is -2.38. The van der Waals surface area contributed by atoms with Gasteiger partial charge in [-0.2, -0.15) is 4.68 Å². The second-order valence-electron chi connectivity index (χ2n) is 3.85. The van der Waals surface area contributed by atoms with Gasteiger partial charge in [-0.25, -0.2) is 0 Å². The summed E-state index contributed by atoms with van der Waals surface area (Å²) < 4.78 is 1.99. The van der Waals surface area contributed by atoms with Crippen molar-refractivity contribution in [1.82, 2.24) is 15.3 Å². The van der Waals surface area contributed by atoms with E-state index in [0.29, 0.717) is 5.92 Å². The van der Waals surface area contributed by atoms with Crippen LogP contribution in [0.1, 0.15) is 12.5 Å². The number of aromatic nitrogens is 4. The van der Waals surface area contributed by atoms with Crippen LogP contribution < -0.4 is 4.68 Å². The number of rotatable bonds is 4. The molecule has 0 amide bonds. The van der Waals surface area contributed by atoms with E-state index in [0.717, 1.165) is 13.0 Å². The molecule has 0 radical (unpaired) electrons. The zero-order valence-corrected chi connectivity index (χ0v) is 8.80. The molecule has 15 heavy (non-hydrogen) atoms. The Labute approximate surface area is 89.0 Å². The van der Waals surface area contributed by atoms with Gasteiger partial charge in [0.15, 0.2) is 6.20 Å². The fourth-order valence-corrected chi connectivity index (χ4v) is 1.68. The molecule has 4 nitrogen and oxygen atoms in total. The first-order valence-electron chi connectivity index (χ1n) is 5.12. The highest BCUT2D eigenvalue weighted by atomic mass is 15.4. The molecule has 0 aliphatic rings. The van der Waals surface area contributed by atoms with Crippen LogP contribution >= 0.6 is 0 Å². The molecular weight excluding hydrogens is 188 g/mol. The van der Waals surface area contributed by atoms with E-state index in [4.69, 9.17) is 0 Å².